The molecule has 2 nitrogen and oxygen atoms in total. The van der Waals surface area contributed by atoms with Crippen LogP contribution in [0.15, 0.2) is 0 Å². The van der Waals surface area contributed by atoms with Crippen LogP contribution in [0.2, 0.25) is 0 Å². The van der Waals surface area contributed by atoms with E-state index in [2.05, 4.69) is 49.8 Å². The van der Waals surface area contributed by atoms with Crippen molar-refractivity contribution in [2.45, 2.75) is 44.4 Å². The maximum atomic E-state index is 3.67. The Balaban J connectivity index is 2.18. The van der Waals surface area contributed by atoms with Gasteiger partial charge in [-0.05, 0) is 46.0 Å². The zero-order valence-corrected chi connectivity index (χ0v) is 11.5. The van der Waals surface area contributed by atoms with Gasteiger partial charge in [0.25, 0.3) is 0 Å². The summed E-state index contributed by atoms with van der Waals surface area (Å²) in [5.41, 5.74) is 0. The molecule has 90 valence electrons. The summed E-state index contributed by atoms with van der Waals surface area (Å²) in [5, 5.41) is 3.67. The lowest BCUT2D eigenvalue weighted by Gasteiger charge is -2.27. The molecule has 2 atom stereocenters. The molecule has 1 N–H and O–H groups in total. The fourth-order valence-electron chi connectivity index (χ4n) is 2.03. The van der Waals surface area contributed by atoms with Crippen LogP contribution in [-0.4, -0.2) is 48.1 Å². The van der Waals surface area contributed by atoms with E-state index in [0.717, 1.165) is 19.6 Å². The van der Waals surface area contributed by atoms with Crippen molar-refractivity contribution in [3.63, 3.8) is 0 Å². The van der Waals surface area contributed by atoms with Gasteiger partial charge in [0.15, 0.2) is 0 Å². The molecule has 1 heterocycles. The van der Waals surface area contributed by atoms with E-state index in [1.165, 1.54) is 18.6 Å². The molecule has 1 aliphatic heterocycles. The molecule has 0 saturated carbocycles. The summed E-state index contributed by atoms with van der Waals surface area (Å²) in [6.07, 6.45) is 2.77. The van der Waals surface area contributed by atoms with E-state index >= 15 is 0 Å². The first-order valence-corrected chi connectivity index (χ1v) is 7.10. The lowest BCUT2D eigenvalue weighted by molar-refractivity contribution is 0.305. The summed E-state index contributed by atoms with van der Waals surface area (Å²) in [5.74, 6) is 1.35. The minimum absolute atomic E-state index is 0.499. The van der Waals surface area contributed by atoms with Gasteiger partial charge in [0.1, 0.15) is 0 Å². The van der Waals surface area contributed by atoms with Crippen molar-refractivity contribution >= 4 is 11.8 Å². The van der Waals surface area contributed by atoms with Crippen LogP contribution in [0, 0.1) is 0 Å². The molecule has 3 heteroatoms. The number of hydrogen-bond acceptors (Lipinski definition) is 3. The van der Waals surface area contributed by atoms with Gasteiger partial charge < -0.3 is 10.2 Å². The van der Waals surface area contributed by atoms with E-state index < -0.39 is 0 Å². The van der Waals surface area contributed by atoms with Crippen molar-refractivity contribution in [3.8, 4) is 0 Å². The second kappa shape index (κ2) is 6.12. The molecule has 1 fully saturated rings. The molecule has 0 aliphatic carbocycles. The monoisotopic (exact) mass is 230 g/mol. The quantitative estimate of drug-likeness (QED) is 0.753. The zero-order chi connectivity index (χ0) is 11.3. The molecule has 0 amide bonds. The Morgan fingerprint density at radius 1 is 1.53 bits per heavy atom. The molecule has 1 rings (SSSR count). The van der Waals surface area contributed by atoms with Gasteiger partial charge in [-0.1, -0.05) is 6.92 Å². The van der Waals surface area contributed by atoms with E-state index in [-0.39, 0.29) is 0 Å². The van der Waals surface area contributed by atoms with Crippen LogP contribution >= 0.6 is 11.8 Å². The van der Waals surface area contributed by atoms with Crippen LogP contribution in [0.25, 0.3) is 0 Å². The highest BCUT2D eigenvalue weighted by Crippen LogP contribution is 2.36. The number of rotatable bonds is 6. The van der Waals surface area contributed by atoms with Gasteiger partial charge >= 0.3 is 0 Å². The van der Waals surface area contributed by atoms with Crippen LogP contribution in [0.4, 0.5) is 0 Å². The second-order valence-electron chi connectivity index (χ2n) is 5.04. The lowest BCUT2D eigenvalue weighted by atomic mass is 10.1. The summed E-state index contributed by atoms with van der Waals surface area (Å²) >= 11 is 2.14. The summed E-state index contributed by atoms with van der Waals surface area (Å²) in [7, 11) is 2.18. The van der Waals surface area contributed by atoms with Gasteiger partial charge in [0.2, 0.25) is 0 Å². The number of hydrogen-bond donors (Lipinski definition) is 1. The van der Waals surface area contributed by atoms with Gasteiger partial charge in [-0.15, -0.1) is 0 Å². The molecular weight excluding hydrogens is 204 g/mol. The highest BCUT2D eigenvalue weighted by atomic mass is 32.2. The number of nitrogens with one attached hydrogen (secondary N) is 1. The van der Waals surface area contributed by atoms with Crippen LogP contribution in [0.5, 0.6) is 0 Å². The molecule has 0 aromatic carbocycles. The van der Waals surface area contributed by atoms with Crippen LogP contribution in [0.3, 0.4) is 0 Å². The predicted octanol–water partition coefficient (Wildman–Crippen LogP) is 2.20. The minimum Gasteiger partial charge on any atom is -0.312 e. The van der Waals surface area contributed by atoms with E-state index in [0.29, 0.717) is 10.8 Å². The fraction of sp³-hybridized carbons (Fsp3) is 1.00. The number of nitrogens with zero attached hydrogens (tertiary/aromatic N) is 1. The van der Waals surface area contributed by atoms with Crippen LogP contribution < -0.4 is 5.32 Å². The van der Waals surface area contributed by atoms with Crippen molar-refractivity contribution in [2.75, 3.05) is 32.4 Å². The molecule has 0 radical (unpaired) electrons. The minimum atomic E-state index is 0.499. The first-order chi connectivity index (χ1) is 7.06. The third-order valence-corrected chi connectivity index (χ3v) is 4.79. The smallest absolute Gasteiger partial charge is 0.0256 e. The molecule has 2 unspecified atom stereocenters. The van der Waals surface area contributed by atoms with Crippen molar-refractivity contribution < 1.29 is 0 Å². The van der Waals surface area contributed by atoms with Crippen LogP contribution in [-0.2, 0) is 0 Å². The van der Waals surface area contributed by atoms with Crippen molar-refractivity contribution in [3.05, 3.63) is 0 Å². The van der Waals surface area contributed by atoms with E-state index in [1.807, 2.05) is 0 Å². The summed E-state index contributed by atoms with van der Waals surface area (Å²) in [4.78, 5) is 2.36. The Labute approximate surface area is 99.2 Å². The van der Waals surface area contributed by atoms with Gasteiger partial charge in [-0.2, -0.15) is 11.8 Å². The predicted molar refractivity (Wildman–Crippen MR) is 70.7 cm³/mol. The SMILES string of the molecule is CCN(C)CC(C)NCC1(C)CCCS1. The highest BCUT2D eigenvalue weighted by molar-refractivity contribution is 8.00. The topological polar surface area (TPSA) is 15.3 Å². The molecule has 0 bridgehead atoms. The summed E-state index contributed by atoms with van der Waals surface area (Å²) in [6, 6.07) is 0.605. The average Bonchev–Trinajstić information content (AvgIpc) is 2.63. The zero-order valence-electron chi connectivity index (χ0n) is 10.7. The van der Waals surface area contributed by atoms with E-state index in [4.69, 9.17) is 0 Å². The lowest BCUT2D eigenvalue weighted by Crippen LogP contribution is -2.43. The van der Waals surface area contributed by atoms with E-state index in [1.54, 1.807) is 0 Å². The fourth-order valence-corrected chi connectivity index (χ4v) is 3.28. The molecule has 0 spiro atoms. The van der Waals surface area contributed by atoms with Crippen molar-refractivity contribution in [1.29, 1.82) is 0 Å². The van der Waals surface area contributed by atoms with Gasteiger partial charge in [0.05, 0.1) is 0 Å². The number of likely N-dealkylation sites (N-methyl/N-ethyl adjacent to an activating group) is 1. The van der Waals surface area contributed by atoms with Gasteiger partial charge in [0, 0.05) is 23.9 Å². The first kappa shape index (κ1) is 13.3. The maximum Gasteiger partial charge on any atom is 0.0256 e. The largest absolute Gasteiger partial charge is 0.312 e. The van der Waals surface area contributed by atoms with Gasteiger partial charge in [-0.25, -0.2) is 0 Å². The Morgan fingerprint density at radius 2 is 2.27 bits per heavy atom. The third-order valence-electron chi connectivity index (χ3n) is 3.25. The Morgan fingerprint density at radius 3 is 2.80 bits per heavy atom. The summed E-state index contributed by atoms with van der Waals surface area (Å²) < 4.78 is 0.499. The standard InChI is InChI=1S/C12H26N2S/c1-5-14(4)9-11(2)13-10-12(3)7-6-8-15-12/h11,13H,5-10H2,1-4H3. The first-order valence-electron chi connectivity index (χ1n) is 6.11. The third kappa shape index (κ3) is 4.75. The number of thioether (sulfide) groups is 1. The van der Waals surface area contributed by atoms with Crippen molar-refractivity contribution in [2.24, 2.45) is 0 Å². The molecule has 1 saturated heterocycles. The van der Waals surface area contributed by atoms with Gasteiger partial charge in [-0.3, -0.25) is 0 Å². The molecule has 15 heavy (non-hydrogen) atoms. The van der Waals surface area contributed by atoms with Crippen molar-refractivity contribution in [1.82, 2.24) is 10.2 Å². The Hall–Kier alpha value is 0.270. The second-order valence-corrected chi connectivity index (χ2v) is 6.72. The molecule has 0 aromatic rings. The Kier molecular flexibility index (Phi) is 5.44. The average molecular weight is 230 g/mol. The molecular formula is C12H26N2S. The van der Waals surface area contributed by atoms with E-state index in [9.17, 15) is 0 Å². The maximum absolute atomic E-state index is 3.67. The molecule has 0 aromatic heterocycles. The van der Waals surface area contributed by atoms with Crippen LogP contribution in [0.1, 0.15) is 33.6 Å². The Bertz CT molecular complexity index is 178. The molecule has 1 aliphatic rings. The summed E-state index contributed by atoms with van der Waals surface area (Å²) in [6.45, 7) is 10.3. The normalized spacial score (nSPS) is 28.6. The highest BCUT2D eigenvalue weighted by Gasteiger charge is 2.29.